The monoisotopic (exact) mass is 269 g/mol. The first kappa shape index (κ1) is 14.1. The van der Waals surface area contributed by atoms with Gasteiger partial charge in [0, 0.05) is 25.5 Å². The van der Waals surface area contributed by atoms with E-state index in [0.29, 0.717) is 5.69 Å². The van der Waals surface area contributed by atoms with Crippen LogP contribution in [0.3, 0.4) is 0 Å². The minimum absolute atomic E-state index is 0.174. The lowest BCUT2D eigenvalue weighted by Gasteiger charge is -2.08. The van der Waals surface area contributed by atoms with Crippen molar-refractivity contribution in [3.63, 3.8) is 0 Å². The molecule has 4 heteroatoms. The molecule has 1 aromatic heterocycles. The standard InChI is InChI=1S/C16H19N3O/c1-12-4-3-5-13(10-12)6-8-18-14-7-9-19-15(11-14)16(20)17-2/h3-5,7,9-11H,6,8H2,1-2H3,(H,17,20)(H,18,19). The Morgan fingerprint density at radius 1 is 1.25 bits per heavy atom. The zero-order chi connectivity index (χ0) is 14.4. The maximum Gasteiger partial charge on any atom is 0.269 e. The molecule has 0 aliphatic heterocycles. The number of benzene rings is 1. The summed E-state index contributed by atoms with van der Waals surface area (Å²) in [6.07, 6.45) is 2.58. The summed E-state index contributed by atoms with van der Waals surface area (Å²) in [5.41, 5.74) is 3.91. The highest BCUT2D eigenvalue weighted by Crippen LogP contribution is 2.09. The summed E-state index contributed by atoms with van der Waals surface area (Å²) < 4.78 is 0. The topological polar surface area (TPSA) is 54.0 Å². The van der Waals surface area contributed by atoms with Crippen molar-refractivity contribution in [3.8, 4) is 0 Å². The molecule has 0 fully saturated rings. The van der Waals surface area contributed by atoms with Gasteiger partial charge in [-0.15, -0.1) is 0 Å². The summed E-state index contributed by atoms with van der Waals surface area (Å²) in [4.78, 5) is 15.5. The molecule has 1 aromatic carbocycles. The number of amides is 1. The van der Waals surface area contributed by atoms with Crippen molar-refractivity contribution in [2.24, 2.45) is 0 Å². The molecular formula is C16H19N3O. The number of nitrogens with zero attached hydrogens (tertiary/aromatic N) is 1. The Bertz CT molecular complexity index is 596. The third-order valence-corrected chi connectivity index (χ3v) is 3.04. The zero-order valence-electron chi connectivity index (χ0n) is 11.8. The average molecular weight is 269 g/mol. The highest BCUT2D eigenvalue weighted by atomic mass is 16.1. The molecule has 0 bridgehead atoms. The van der Waals surface area contributed by atoms with Gasteiger partial charge in [-0.25, -0.2) is 0 Å². The van der Waals surface area contributed by atoms with Gasteiger partial charge in [0.25, 0.3) is 5.91 Å². The highest BCUT2D eigenvalue weighted by molar-refractivity contribution is 5.92. The van der Waals surface area contributed by atoms with E-state index in [1.54, 1.807) is 19.3 Å². The van der Waals surface area contributed by atoms with Gasteiger partial charge in [0.05, 0.1) is 0 Å². The van der Waals surface area contributed by atoms with Crippen LogP contribution in [0.4, 0.5) is 5.69 Å². The van der Waals surface area contributed by atoms with Crippen molar-refractivity contribution >= 4 is 11.6 Å². The van der Waals surface area contributed by atoms with Crippen molar-refractivity contribution in [2.45, 2.75) is 13.3 Å². The van der Waals surface area contributed by atoms with Crippen LogP contribution in [0, 0.1) is 6.92 Å². The van der Waals surface area contributed by atoms with Crippen LogP contribution in [0.25, 0.3) is 0 Å². The fraction of sp³-hybridized carbons (Fsp3) is 0.250. The number of hydrogen-bond donors (Lipinski definition) is 2. The van der Waals surface area contributed by atoms with E-state index in [0.717, 1.165) is 18.7 Å². The summed E-state index contributed by atoms with van der Waals surface area (Å²) in [6.45, 7) is 2.91. The predicted octanol–water partition coefficient (Wildman–Crippen LogP) is 2.40. The van der Waals surface area contributed by atoms with E-state index in [-0.39, 0.29) is 5.91 Å². The number of aryl methyl sites for hydroxylation is 1. The molecule has 0 unspecified atom stereocenters. The van der Waals surface area contributed by atoms with Crippen LogP contribution in [0.5, 0.6) is 0 Å². The van der Waals surface area contributed by atoms with E-state index in [4.69, 9.17) is 0 Å². The number of anilines is 1. The van der Waals surface area contributed by atoms with E-state index in [1.807, 2.05) is 6.07 Å². The number of carbonyl (C=O) groups excluding carboxylic acids is 1. The van der Waals surface area contributed by atoms with Crippen LogP contribution >= 0.6 is 0 Å². The molecule has 4 nitrogen and oxygen atoms in total. The Balaban J connectivity index is 1.92. The van der Waals surface area contributed by atoms with Gasteiger partial charge >= 0.3 is 0 Å². The molecule has 2 N–H and O–H groups in total. The predicted molar refractivity (Wildman–Crippen MR) is 81.0 cm³/mol. The van der Waals surface area contributed by atoms with Crippen LogP contribution < -0.4 is 10.6 Å². The number of nitrogens with one attached hydrogen (secondary N) is 2. The lowest BCUT2D eigenvalue weighted by Crippen LogP contribution is -2.19. The number of aromatic nitrogens is 1. The molecule has 0 atom stereocenters. The number of rotatable bonds is 5. The van der Waals surface area contributed by atoms with Crippen LogP contribution in [-0.4, -0.2) is 24.5 Å². The van der Waals surface area contributed by atoms with Crippen molar-refractivity contribution in [1.82, 2.24) is 10.3 Å². The molecular weight excluding hydrogens is 250 g/mol. The third kappa shape index (κ3) is 3.82. The second kappa shape index (κ2) is 6.70. The lowest BCUT2D eigenvalue weighted by molar-refractivity contribution is 0.0958. The third-order valence-electron chi connectivity index (χ3n) is 3.04. The lowest BCUT2D eigenvalue weighted by atomic mass is 10.1. The Kier molecular flexibility index (Phi) is 4.71. The van der Waals surface area contributed by atoms with E-state index < -0.39 is 0 Å². The van der Waals surface area contributed by atoms with Crippen LogP contribution in [0.2, 0.25) is 0 Å². The summed E-state index contributed by atoms with van der Waals surface area (Å²) >= 11 is 0. The molecule has 20 heavy (non-hydrogen) atoms. The summed E-state index contributed by atoms with van der Waals surface area (Å²) in [5.74, 6) is -0.174. The van der Waals surface area contributed by atoms with Crippen LogP contribution in [-0.2, 0) is 6.42 Å². The highest BCUT2D eigenvalue weighted by Gasteiger charge is 2.04. The molecule has 0 radical (unpaired) electrons. The van der Waals surface area contributed by atoms with E-state index >= 15 is 0 Å². The molecule has 0 saturated heterocycles. The largest absolute Gasteiger partial charge is 0.385 e. The van der Waals surface area contributed by atoms with Crippen LogP contribution in [0.1, 0.15) is 21.6 Å². The van der Waals surface area contributed by atoms with Crippen molar-refractivity contribution in [3.05, 3.63) is 59.4 Å². The maximum absolute atomic E-state index is 11.5. The summed E-state index contributed by atoms with van der Waals surface area (Å²) in [7, 11) is 1.60. The Labute approximate surface area is 119 Å². The molecule has 0 aliphatic rings. The van der Waals surface area contributed by atoms with E-state index in [2.05, 4.69) is 46.8 Å². The quantitative estimate of drug-likeness (QED) is 0.876. The second-order valence-electron chi connectivity index (χ2n) is 4.67. The Hall–Kier alpha value is -2.36. The van der Waals surface area contributed by atoms with Gasteiger partial charge in [0.15, 0.2) is 0 Å². The molecule has 104 valence electrons. The fourth-order valence-electron chi connectivity index (χ4n) is 2.01. The van der Waals surface area contributed by atoms with Crippen LogP contribution in [0.15, 0.2) is 42.6 Å². The van der Waals surface area contributed by atoms with E-state index in [9.17, 15) is 4.79 Å². The SMILES string of the molecule is CNC(=O)c1cc(NCCc2cccc(C)c2)ccn1. The Morgan fingerprint density at radius 2 is 2.10 bits per heavy atom. The maximum atomic E-state index is 11.5. The number of pyridine rings is 1. The average Bonchev–Trinajstić information content (AvgIpc) is 2.47. The minimum atomic E-state index is -0.174. The Morgan fingerprint density at radius 3 is 2.85 bits per heavy atom. The smallest absolute Gasteiger partial charge is 0.269 e. The molecule has 1 heterocycles. The van der Waals surface area contributed by atoms with Gasteiger partial charge in [-0.3, -0.25) is 9.78 Å². The molecule has 0 spiro atoms. The molecule has 2 aromatic rings. The van der Waals surface area contributed by atoms with Gasteiger partial charge in [0.2, 0.25) is 0 Å². The number of hydrogen-bond acceptors (Lipinski definition) is 3. The summed E-state index contributed by atoms with van der Waals surface area (Å²) in [5, 5.41) is 5.88. The first-order valence-corrected chi connectivity index (χ1v) is 6.66. The number of carbonyl (C=O) groups is 1. The zero-order valence-corrected chi connectivity index (χ0v) is 11.8. The van der Waals surface area contributed by atoms with Gasteiger partial charge in [0.1, 0.15) is 5.69 Å². The second-order valence-corrected chi connectivity index (χ2v) is 4.67. The van der Waals surface area contributed by atoms with Crippen molar-refractivity contribution in [1.29, 1.82) is 0 Å². The normalized spacial score (nSPS) is 10.1. The minimum Gasteiger partial charge on any atom is -0.385 e. The van der Waals surface area contributed by atoms with Gasteiger partial charge in [-0.05, 0) is 31.0 Å². The van der Waals surface area contributed by atoms with Gasteiger partial charge < -0.3 is 10.6 Å². The molecule has 2 rings (SSSR count). The van der Waals surface area contributed by atoms with Crippen molar-refractivity contribution in [2.75, 3.05) is 18.9 Å². The first-order chi connectivity index (χ1) is 9.69. The molecule has 0 saturated carbocycles. The van der Waals surface area contributed by atoms with E-state index in [1.165, 1.54) is 11.1 Å². The first-order valence-electron chi connectivity index (χ1n) is 6.66. The van der Waals surface area contributed by atoms with Gasteiger partial charge in [-0.1, -0.05) is 29.8 Å². The molecule has 0 aliphatic carbocycles. The summed E-state index contributed by atoms with van der Waals surface area (Å²) in [6, 6.07) is 12.1. The van der Waals surface area contributed by atoms with Gasteiger partial charge in [-0.2, -0.15) is 0 Å². The van der Waals surface area contributed by atoms with Crippen molar-refractivity contribution < 1.29 is 4.79 Å². The molecule has 1 amide bonds. The fourth-order valence-corrected chi connectivity index (χ4v) is 2.01.